The molecule has 0 aromatic rings. The van der Waals surface area contributed by atoms with E-state index in [1.165, 1.54) is 0 Å². The summed E-state index contributed by atoms with van der Waals surface area (Å²) in [5, 5.41) is 0. The number of hydrogen-bond acceptors (Lipinski definition) is 4. The minimum atomic E-state index is 0.568. The number of piperazine rings is 1. The highest BCUT2D eigenvalue weighted by molar-refractivity contribution is 5.51. The van der Waals surface area contributed by atoms with Crippen LogP contribution in [-0.2, 0) is 4.79 Å². The van der Waals surface area contributed by atoms with Crippen molar-refractivity contribution in [2.75, 3.05) is 39.4 Å². The van der Waals surface area contributed by atoms with Crippen LogP contribution in [0.4, 0.5) is 0 Å². The van der Waals surface area contributed by atoms with Gasteiger partial charge in [-0.05, 0) is 0 Å². The van der Waals surface area contributed by atoms with Gasteiger partial charge in [0.2, 0.25) is 0 Å². The fourth-order valence-corrected chi connectivity index (χ4v) is 1.26. The molecule has 1 saturated heterocycles. The monoisotopic (exact) mass is 157 g/mol. The van der Waals surface area contributed by atoms with Gasteiger partial charge in [-0.2, -0.15) is 0 Å². The van der Waals surface area contributed by atoms with Gasteiger partial charge in [0.05, 0.1) is 6.54 Å². The third-order valence-corrected chi connectivity index (χ3v) is 2.06. The first-order chi connectivity index (χ1) is 5.36. The third kappa shape index (κ3) is 2.57. The van der Waals surface area contributed by atoms with E-state index in [-0.39, 0.29) is 0 Å². The van der Waals surface area contributed by atoms with Crippen molar-refractivity contribution in [3.63, 3.8) is 0 Å². The number of aldehydes is 1. The summed E-state index contributed by atoms with van der Waals surface area (Å²) >= 11 is 0. The first-order valence-electron chi connectivity index (χ1n) is 3.95. The summed E-state index contributed by atoms with van der Waals surface area (Å²) in [6.07, 6.45) is 0.956. The zero-order chi connectivity index (χ0) is 8.10. The number of nitrogens with two attached hydrogens (primary N) is 1. The molecule has 0 radical (unpaired) electrons. The number of hydrogen-bond donors (Lipinski definition) is 1. The lowest BCUT2D eigenvalue weighted by Crippen LogP contribution is -2.48. The van der Waals surface area contributed by atoms with E-state index in [1.807, 2.05) is 0 Å². The van der Waals surface area contributed by atoms with Crippen LogP contribution < -0.4 is 5.73 Å². The topological polar surface area (TPSA) is 49.6 Å². The maximum atomic E-state index is 10.1. The molecule has 4 nitrogen and oxygen atoms in total. The van der Waals surface area contributed by atoms with Crippen LogP contribution in [0.2, 0.25) is 0 Å². The third-order valence-electron chi connectivity index (χ3n) is 2.06. The molecule has 0 spiro atoms. The first-order valence-corrected chi connectivity index (χ1v) is 3.95. The normalized spacial score (nSPS) is 21.9. The van der Waals surface area contributed by atoms with Crippen LogP contribution >= 0.6 is 0 Å². The lowest BCUT2D eigenvalue weighted by atomic mass is 10.3. The van der Waals surface area contributed by atoms with Crippen molar-refractivity contribution in [1.29, 1.82) is 0 Å². The van der Waals surface area contributed by atoms with Gasteiger partial charge < -0.3 is 10.5 Å². The van der Waals surface area contributed by atoms with E-state index in [4.69, 9.17) is 5.73 Å². The molecule has 0 bridgehead atoms. The van der Waals surface area contributed by atoms with Crippen LogP contribution in [-0.4, -0.2) is 55.5 Å². The standard InChI is InChI=1S/C7H15N3O/c8-7-10-3-1-9(2-4-10)5-6-11/h6H,1-5,7-8H2. The average molecular weight is 157 g/mol. The fourth-order valence-electron chi connectivity index (χ4n) is 1.26. The molecule has 64 valence electrons. The van der Waals surface area contributed by atoms with Crippen molar-refractivity contribution >= 4 is 6.29 Å². The molecule has 1 rings (SSSR count). The Kier molecular flexibility index (Phi) is 3.48. The molecular weight excluding hydrogens is 142 g/mol. The van der Waals surface area contributed by atoms with Gasteiger partial charge in [0, 0.05) is 32.8 Å². The van der Waals surface area contributed by atoms with Gasteiger partial charge in [-0.1, -0.05) is 0 Å². The zero-order valence-electron chi connectivity index (χ0n) is 6.70. The molecule has 0 aromatic carbocycles. The average Bonchev–Trinajstić information content (AvgIpc) is 2.07. The second-order valence-corrected chi connectivity index (χ2v) is 2.77. The minimum absolute atomic E-state index is 0.568. The lowest BCUT2D eigenvalue weighted by molar-refractivity contribution is -0.109. The van der Waals surface area contributed by atoms with Gasteiger partial charge in [0.15, 0.2) is 0 Å². The van der Waals surface area contributed by atoms with Crippen LogP contribution in [0.1, 0.15) is 0 Å². The molecule has 0 unspecified atom stereocenters. The molecule has 2 N–H and O–H groups in total. The second kappa shape index (κ2) is 4.43. The largest absolute Gasteiger partial charge is 0.318 e. The summed E-state index contributed by atoms with van der Waals surface area (Å²) in [5.41, 5.74) is 5.46. The Bertz CT molecular complexity index is 121. The van der Waals surface area contributed by atoms with Gasteiger partial charge in [0.1, 0.15) is 6.29 Å². The molecule has 1 aliphatic heterocycles. The second-order valence-electron chi connectivity index (χ2n) is 2.77. The minimum Gasteiger partial charge on any atom is -0.318 e. The van der Waals surface area contributed by atoms with Gasteiger partial charge in [0.25, 0.3) is 0 Å². The Morgan fingerprint density at radius 1 is 1.18 bits per heavy atom. The van der Waals surface area contributed by atoms with E-state index in [1.54, 1.807) is 0 Å². The Balaban J connectivity index is 2.18. The van der Waals surface area contributed by atoms with E-state index in [0.29, 0.717) is 13.2 Å². The Morgan fingerprint density at radius 3 is 2.18 bits per heavy atom. The summed E-state index contributed by atoms with van der Waals surface area (Å²) in [5.74, 6) is 0. The van der Waals surface area contributed by atoms with Gasteiger partial charge in [-0.25, -0.2) is 0 Å². The van der Waals surface area contributed by atoms with E-state index in [0.717, 1.165) is 32.5 Å². The maximum Gasteiger partial charge on any atom is 0.133 e. The van der Waals surface area contributed by atoms with Crippen molar-refractivity contribution in [1.82, 2.24) is 9.80 Å². The molecule has 11 heavy (non-hydrogen) atoms. The van der Waals surface area contributed by atoms with Crippen molar-refractivity contribution in [2.24, 2.45) is 5.73 Å². The predicted octanol–water partition coefficient (Wildman–Crippen LogP) is -1.28. The molecule has 1 heterocycles. The molecule has 0 aromatic heterocycles. The van der Waals surface area contributed by atoms with Crippen molar-refractivity contribution in [2.45, 2.75) is 0 Å². The fraction of sp³-hybridized carbons (Fsp3) is 0.857. The molecule has 1 aliphatic rings. The van der Waals surface area contributed by atoms with E-state index < -0.39 is 0 Å². The predicted molar refractivity (Wildman–Crippen MR) is 43.1 cm³/mol. The Morgan fingerprint density at radius 2 is 1.73 bits per heavy atom. The summed E-state index contributed by atoms with van der Waals surface area (Å²) < 4.78 is 0. The summed E-state index contributed by atoms with van der Waals surface area (Å²) in [6, 6.07) is 0. The van der Waals surface area contributed by atoms with E-state index in [9.17, 15) is 4.79 Å². The highest BCUT2D eigenvalue weighted by Crippen LogP contribution is 1.97. The van der Waals surface area contributed by atoms with Crippen molar-refractivity contribution in [3.8, 4) is 0 Å². The molecule has 0 atom stereocenters. The lowest BCUT2D eigenvalue weighted by Gasteiger charge is -2.32. The SMILES string of the molecule is NCN1CCN(CC=O)CC1. The quantitative estimate of drug-likeness (QED) is 0.518. The first kappa shape index (κ1) is 8.64. The van der Waals surface area contributed by atoms with Crippen LogP contribution in [0.5, 0.6) is 0 Å². The van der Waals surface area contributed by atoms with Gasteiger partial charge >= 0.3 is 0 Å². The summed E-state index contributed by atoms with van der Waals surface area (Å²) in [6.45, 7) is 5.12. The summed E-state index contributed by atoms with van der Waals surface area (Å²) in [4.78, 5) is 14.5. The van der Waals surface area contributed by atoms with Crippen LogP contribution in [0.3, 0.4) is 0 Å². The molecule has 1 fully saturated rings. The van der Waals surface area contributed by atoms with Gasteiger partial charge in [-0.15, -0.1) is 0 Å². The number of carbonyl (C=O) groups is 1. The molecule has 4 heteroatoms. The van der Waals surface area contributed by atoms with E-state index in [2.05, 4.69) is 9.80 Å². The molecule has 0 aliphatic carbocycles. The highest BCUT2D eigenvalue weighted by atomic mass is 16.1. The highest BCUT2D eigenvalue weighted by Gasteiger charge is 2.13. The van der Waals surface area contributed by atoms with Gasteiger partial charge in [-0.3, -0.25) is 9.80 Å². The Hall–Kier alpha value is -0.450. The summed E-state index contributed by atoms with van der Waals surface area (Å²) in [7, 11) is 0. The number of rotatable bonds is 3. The number of nitrogens with zero attached hydrogens (tertiary/aromatic N) is 2. The van der Waals surface area contributed by atoms with E-state index >= 15 is 0 Å². The smallest absolute Gasteiger partial charge is 0.133 e. The van der Waals surface area contributed by atoms with Crippen molar-refractivity contribution < 1.29 is 4.79 Å². The Labute approximate surface area is 66.9 Å². The van der Waals surface area contributed by atoms with Crippen LogP contribution in [0.25, 0.3) is 0 Å². The number of carbonyl (C=O) groups excluding carboxylic acids is 1. The molecule has 0 amide bonds. The maximum absolute atomic E-state index is 10.1. The molecule has 0 saturated carbocycles. The van der Waals surface area contributed by atoms with Crippen molar-refractivity contribution in [3.05, 3.63) is 0 Å². The van der Waals surface area contributed by atoms with Crippen LogP contribution in [0, 0.1) is 0 Å². The van der Waals surface area contributed by atoms with Crippen LogP contribution in [0.15, 0.2) is 0 Å². The molecular formula is C7H15N3O. The zero-order valence-corrected chi connectivity index (χ0v) is 6.70.